The molecule has 0 aromatic heterocycles. The Morgan fingerprint density at radius 3 is 1.90 bits per heavy atom. The van der Waals surface area contributed by atoms with E-state index in [2.05, 4.69) is 10.6 Å². The van der Waals surface area contributed by atoms with Crippen molar-refractivity contribution in [3.05, 3.63) is 0 Å². The Balaban J connectivity index is 2.26. The van der Waals surface area contributed by atoms with Gasteiger partial charge in [-0.15, -0.1) is 0 Å². The molecule has 0 saturated carbocycles. The number of ether oxygens (including phenoxy) is 3. The molecule has 2 heterocycles. The van der Waals surface area contributed by atoms with Crippen molar-refractivity contribution in [1.29, 1.82) is 0 Å². The lowest BCUT2D eigenvalue weighted by Gasteiger charge is -2.47. The van der Waals surface area contributed by atoms with Gasteiger partial charge in [-0.05, 0) is 0 Å². The van der Waals surface area contributed by atoms with E-state index in [9.17, 15) is 40.2 Å². The molecule has 2 rings (SSSR count). The van der Waals surface area contributed by atoms with Crippen LogP contribution in [-0.2, 0) is 23.8 Å². The van der Waals surface area contributed by atoms with Crippen molar-refractivity contribution in [1.82, 2.24) is 10.6 Å². The highest BCUT2D eigenvalue weighted by atomic mass is 16.7. The largest absolute Gasteiger partial charge is 0.394 e. The van der Waals surface area contributed by atoms with Gasteiger partial charge in [-0.1, -0.05) is 0 Å². The number of hydrogen-bond donors (Lipinski definition) is 8. The molecule has 13 nitrogen and oxygen atoms in total. The number of hydrogen-bond acceptors (Lipinski definition) is 11. The van der Waals surface area contributed by atoms with Crippen LogP contribution in [0.25, 0.3) is 0 Å². The van der Waals surface area contributed by atoms with Gasteiger partial charge in [0.1, 0.15) is 48.7 Å². The summed E-state index contributed by atoms with van der Waals surface area (Å²) < 4.78 is 16.3. The van der Waals surface area contributed by atoms with Gasteiger partial charge in [-0.3, -0.25) is 9.59 Å². The summed E-state index contributed by atoms with van der Waals surface area (Å²) >= 11 is 0. The number of aliphatic hydroxyl groups excluding tert-OH is 6. The van der Waals surface area contributed by atoms with Gasteiger partial charge in [0.15, 0.2) is 12.6 Å². The zero-order valence-electron chi connectivity index (χ0n) is 15.9. The second-order valence-electron chi connectivity index (χ2n) is 7.00. The first kappa shape index (κ1) is 23.9. The van der Waals surface area contributed by atoms with Gasteiger partial charge in [0, 0.05) is 13.8 Å². The Kier molecular flexibility index (Phi) is 8.28. The lowest BCUT2D eigenvalue weighted by atomic mass is 9.94. The summed E-state index contributed by atoms with van der Waals surface area (Å²) in [7, 11) is 0. The third kappa shape index (κ3) is 5.39. The highest BCUT2D eigenvalue weighted by molar-refractivity contribution is 5.73. The number of carbonyl (C=O) groups excluding carboxylic acids is 2. The van der Waals surface area contributed by atoms with Crippen LogP contribution in [0.15, 0.2) is 0 Å². The highest BCUT2D eigenvalue weighted by Crippen LogP contribution is 2.28. The van der Waals surface area contributed by atoms with Crippen LogP contribution in [0.1, 0.15) is 13.8 Å². The molecule has 168 valence electrons. The molecular weight excluding hydrogens is 396 g/mol. The molecule has 2 fully saturated rings. The molecule has 0 aromatic rings. The first-order valence-corrected chi connectivity index (χ1v) is 9.05. The smallest absolute Gasteiger partial charge is 0.217 e. The molecule has 0 spiro atoms. The summed E-state index contributed by atoms with van der Waals surface area (Å²) in [5, 5.41) is 64.5. The fourth-order valence-corrected chi connectivity index (χ4v) is 3.38. The lowest BCUT2D eigenvalue weighted by molar-refractivity contribution is -0.327. The number of amides is 2. The summed E-state index contributed by atoms with van der Waals surface area (Å²) in [6.07, 6.45) is -11.7. The summed E-state index contributed by atoms with van der Waals surface area (Å²) in [6.45, 7) is 0.962. The quantitative estimate of drug-likeness (QED) is 0.202. The van der Waals surface area contributed by atoms with Gasteiger partial charge in [0.25, 0.3) is 0 Å². The van der Waals surface area contributed by atoms with Gasteiger partial charge in [-0.25, -0.2) is 0 Å². The van der Waals surface area contributed by atoms with Crippen molar-refractivity contribution in [2.24, 2.45) is 0 Å². The van der Waals surface area contributed by atoms with Crippen molar-refractivity contribution in [2.45, 2.75) is 75.1 Å². The minimum atomic E-state index is -1.64. The fourth-order valence-electron chi connectivity index (χ4n) is 3.38. The molecule has 2 saturated heterocycles. The summed E-state index contributed by atoms with van der Waals surface area (Å²) in [4.78, 5) is 22.8. The van der Waals surface area contributed by atoms with E-state index in [0.29, 0.717) is 0 Å². The number of aliphatic hydroxyl groups is 6. The predicted octanol–water partition coefficient (Wildman–Crippen LogP) is -5.11. The van der Waals surface area contributed by atoms with E-state index >= 15 is 0 Å². The number of carbonyl (C=O) groups is 2. The number of nitrogens with one attached hydrogen (secondary N) is 2. The summed E-state index contributed by atoms with van der Waals surface area (Å²) in [5.74, 6) is -1.14. The van der Waals surface area contributed by atoms with Crippen LogP contribution in [0, 0.1) is 0 Å². The van der Waals surface area contributed by atoms with Gasteiger partial charge < -0.3 is 55.5 Å². The Hall–Kier alpha value is -1.42. The maximum atomic E-state index is 11.5. The fraction of sp³-hybridized carbons (Fsp3) is 0.875. The Labute approximate surface area is 166 Å². The number of rotatable bonds is 6. The second kappa shape index (κ2) is 10.1. The Morgan fingerprint density at radius 2 is 1.38 bits per heavy atom. The normalized spacial score (nSPS) is 42.9. The van der Waals surface area contributed by atoms with E-state index in [1.807, 2.05) is 0 Å². The van der Waals surface area contributed by atoms with Crippen LogP contribution in [0.4, 0.5) is 0 Å². The highest BCUT2D eigenvalue weighted by Gasteiger charge is 2.51. The van der Waals surface area contributed by atoms with E-state index in [1.54, 1.807) is 0 Å². The van der Waals surface area contributed by atoms with E-state index in [0.717, 1.165) is 13.8 Å². The molecule has 0 radical (unpaired) electrons. The third-order valence-corrected chi connectivity index (χ3v) is 4.78. The minimum Gasteiger partial charge on any atom is -0.394 e. The van der Waals surface area contributed by atoms with Crippen LogP contribution in [-0.4, -0.2) is 117 Å². The Bertz CT molecular complexity index is 579. The van der Waals surface area contributed by atoms with Gasteiger partial charge in [0.05, 0.1) is 13.2 Å². The molecular formula is C16H28N2O11. The van der Waals surface area contributed by atoms with Crippen LogP contribution < -0.4 is 10.6 Å². The maximum absolute atomic E-state index is 11.5. The molecule has 0 aromatic carbocycles. The van der Waals surface area contributed by atoms with Crippen molar-refractivity contribution in [3.63, 3.8) is 0 Å². The molecule has 8 N–H and O–H groups in total. The molecule has 2 aliphatic heterocycles. The Morgan fingerprint density at radius 1 is 0.828 bits per heavy atom. The van der Waals surface area contributed by atoms with Crippen molar-refractivity contribution in [3.8, 4) is 0 Å². The van der Waals surface area contributed by atoms with Gasteiger partial charge >= 0.3 is 0 Å². The van der Waals surface area contributed by atoms with Crippen LogP contribution in [0.5, 0.6) is 0 Å². The molecule has 0 bridgehead atoms. The molecule has 29 heavy (non-hydrogen) atoms. The summed E-state index contributed by atoms with van der Waals surface area (Å²) in [5.41, 5.74) is 0. The van der Waals surface area contributed by atoms with E-state index in [1.165, 1.54) is 0 Å². The average molecular weight is 424 g/mol. The molecule has 13 heteroatoms. The molecule has 10 atom stereocenters. The third-order valence-electron chi connectivity index (χ3n) is 4.78. The van der Waals surface area contributed by atoms with Crippen molar-refractivity contribution < 1.29 is 54.4 Å². The average Bonchev–Trinajstić information content (AvgIpc) is 2.65. The van der Waals surface area contributed by atoms with Gasteiger partial charge in [0.2, 0.25) is 11.8 Å². The standard InChI is InChI=1S/C16H28N2O11/c1-5(21)17-9-13(25)14(8(4-20)27-15(9)26)29-16-10(18-6(2)22)12(24)11(23)7(3-19)28-16/h7-16,19-20,23-26H,3-4H2,1-2H3,(H,17,21)(H,18,22)/t7-,8-,9-,10-,11-,12+,13+,14+,15+,16-/m0/s1. The zero-order chi connectivity index (χ0) is 21.9. The maximum Gasteiger partial charge on any atom is 0.217 e. The molecule has 0 unspecified atom stereocenters. The van der Waals surface area contributed by atoms with E-state index in [4.69, 9.17) is 14.2 Å². The van der Waals surface area contributed by atoms with E-state index < -0.39 is 86.3 Å². The predicted molar refractivity (Wildman–Crippen MR) is 91.8 cm³/mol. The van der Waals surface area contributed by atoms with E-state index in [-0.39, 0.29) is 0 Å². The minimum absolute atomic E-state index is 0.568. The molecule has 2 aliphatic rings. The summed E-state index contributed by atoms with van der Waals surface area (Å²) in [6, 6.07) is -2.59. The van der Waals surface area contributed by atoms with Crippen LogP contribution in [0.3, 0.4) is 0 Å². The topological polar surface area (TPSA) is 207 Å². The second-order valence-corrected chi connectivity index (χ2v) is 7.00. The van der Waals surface area contributed by atoms with Crippen LogP contribution in [0.2, 0.25) is 0 Å². The zero-order valence-corrected chi connectivity index (χ0v) is 15.9. The lowest BCUT2D eigenvalue weighted by Crippen LogP contribution is -2.69. The first-order chi connectivity index (χ1) is 13.6. The van der Waals surface area contributed by atoms with Crippen molar-refractivity contribution >= 4 is 11.8 Å². The van der Waals surface area contributed by atoms with Crippen molar-refractivity contribution in [2.75, 3.05) is 13.2 Å². The van der Waals surface area contributed by atoms with Crippen LogP contribution >= 0.6 is 0 Å². The first-order valence-electron chi connectivity index (χ1n) is 9.05. The molecule has 2 amide bonds. The van der Waals surface area contributed by atoms with Gasteiger partial charge in [-0.2, -0.15) is 0 Å². The SMILES string of the molecule is CC(=O)N[C@@H]1[C@H](O[C@H]2[C@H](O)[C@H](NC(C)=O)[C@H](O)O[C@H]2CO)O[C@@H](CO)[C@H](O)[C@@H]1O. The monoisotopic (exact) mass is 424 g/mol. The molecule has 0 aliphatic carbocycles.